The minimum atomic E-state index is -0.710. The second-order valence-corrected chi connectivity index (χ2v) is 8.69. The lowest BCUT2D eigenvalue weighted by atomic mass is 9.85. The number of carboxylic acid groups (broad SMARTS) is 1. The molecule has 5 heteroatoms. The lowest BCUT2D eigenvalue weighted by molar-refractivity contribution is -0.137. The molecule has 0 spiro atoms. The largest absolute Gasteiger partial charge is 0.491 e. The third kappa shape index (κ3) is 6.58. The third-order valence-electron chi connectivity index (χ3n) is 6.66. The smallest absolute Gasteiger partial charge is 0.303 e. The summed E-state index contributed by atoms with van der Waals surface area (Å²) in [5, 5.41) is 29.7. The van der Waals surface area contributed by atoms with Crippen molar-refractivity contribution < 1.29 is 24.9 Å². The van der Waals surface area contributed by atoms with Gasteiger partial charge >= 0.3 is 5.97 Å². The fraction of sp³-hybridized carbons (Fsp3) is 0.625. The van der Waals surface area contributed by atoms with Crippen LogP contribution in [0.3, 0.4) is 0 Å². The van der Waals surface area contributed by atoms with Crippen LogP contribution in [0.4, 0.5) is 0 Å². The Morgan fingerprint density at radius 2 is 1.93 bits per heavy atom. The number of carboxylic acids is 1. The molecule has 6 atom stereocenters. The Morgan fingerprint density at radius 3 is 2.69 bits per heavy atom. The van der Waals surface area contributed by atoms with E-state index >= 15 is 0 Å². The van der Waals surface area contributed by atoms with Crippen LogP contribution in [0, 0.1) is 23.7 Å². The highest BCUT2D eigenvalue weighted by atomic mass is 16.5. The van der Waals surface area contributed by atoms with Crippen LogP contribution in [-0.2, 0) is 4.79 Å². The number of aliphatic hydroxyl groups is 2. The maximum absolute atomic E-state index is 10.7. The van der Waals surface area contributed by atoms with Crippen LogP contribution >= 0.6 is 0 Å². The number of carbonyl (C=O) groups is 1. The van der Waals surface area contributed by atoms with Crippen molar-refractivity contribution in [3.63, 3.8) is 0 Å². The molecule has 160 valence electrons. The Kier molecular flexibility index (Phi) is 8.13. The second-order valence-electron chi connectivity index (χ2n) is 8.69. The van der Waals surface area contributed by atoms with E-state index < -0.39 is 12.1 Å². The van der Waals surface area contributed by atoms with Crippen LogP contribution in [0.15, 0.2) is 42.5 Å². The molecule has 2 aliphatic carbocycles. The van der Waals surface area contributed by atoms with E-state index in [0.717, 1.165) is 50.7 Å². The molecule has 1 aromatic carbocycles. The van der Waals surface area contributed by atoms with Crippen molar-refractivity contribution in [3.05, 3.63) is 42.5 Å². The van der Waals surface area contributed by atoms with Gasteiger partial charge in [-0.25, -0.2) is 0 Å². The number of hydrogen-bond donors (Lipinski definition) is 3. The molecule has 0 heterocycles. The van der Waals surface area contributed by atoms with Crippen LogP contribution in [0.2, 0.25) is 0 Å². The highest BCUT2D eigenvalue weighted by Crippen LogP contribution is 2.47. The quantitative estimate of drug-likeness (QED) is 0.543. The molecule has 0 amide bonds. The molecule has 0 aromatic heterocycles. The standard InChI is InChI=1S/C24H34O5/c25-19(16-29-20-6-2-1-3-7-20)12-14-22-21-13-10-17(5-4-8-24(27)28)9-11-18(21)15-23(22)26/h1-3,6-7,12,14,17-19,21-23,25-26H,4-5,8-11,13,15-16H2,(H,27,28)/b14-12+/t17-,18+,19-,21+,22-,23-/m1/s1. The van der Waals surface area contributed by atoms with Gasteiger partial charge in [-0.05, 0) is 62.0 Å². The van der Waals surface area contributed by atoms with Gasteiger partial charge in [0, 0.05) is 12.3 Å². The Balaban J connectivity index is 1.49. The highest BCUT2D eigenvalue weighted by Gasteiger charge is 2.42. The van der Waals surface area contributed by atoms with Gasteiger partial charge in [-0.3, -0.25) is 4.79 Å². The van der Waals surface area contributed by atoms with Gasteiger partial charge in [-0.15, -0.1) is 0 Å². The molecule has 29 heavy (non-hydrogen) atoms. The molecule has 0 radical (unpaired) electrons. The van der Waals surface area contributed by atoms with Crippen LogP contribution in [0.25, 0.3) is 0 Å². The molecular weight excluding hydrogens is 368 g/mol. The van der Waals surface area contributed by atoms with Gasteiger partial charge in [0.1, 0.15) is 18.5 Å². The molecule has 0 aliphatic heterocycles. The zero-order valence-electron chi connectivity index (χ0n) is 17.0. The summed E-state index contributed by atoms with van der Waals surface area (Å²) in [6.45, 7) is 0.197. The van der Waals surface area contributed by atoms with Gasteiger partial charge in [0.05, 0.1) is 6.10 Å². The number of aliphatic hydroxyl groups excluding tert-OH is 2. The topological polar surface area (TPSA) is 87.0 Å². The van der Waals surface area contributed by atoms with E-state index in [1.807, 2.05) is 36.4 Å². The van der Waals surface area contributed by atoms with Gasteiger partial charge in [0.25, 0.3) is 0 Å². The van der Waals surface area contributed by atoms with E-state index in [1.54, 1.807) is 6.08 Å². The number of para-hydroxylation sites is 1. The van der Waals surface area contributed by atoms with Crippen LogP contribution < -0.4 is 4.74 Å². The van der Waals surface area contributed by atoms with Crippen LogP contribution in [-0.4, -0.2) is 40.1 Å². The van der Waals surface area contributed by atoms with Crippen LogP contribution in [0.5, 0.6) is 5.75 Å². The number of hydrogen-bond acceptors (Lipinski definition) is 4. The number of fused-ring (bicyclic) bond motifs is 1. The molecular formula is C24H34O5. The minimum absolute atomic E-state index is 0.0872. The van der Waals surface area contributed by atoms with Gasteiger partial charge in [-0.1, -0.05) is 43.2 Å². The van der Waals surface area contributed by atoms with Crippen molar-refractivity contribution in [2.75, 3.05) is 6.61 Å². The average Bonchev–Trinajstić information content (AvgIpc) is 2.87. The molecule has 1 aromatic rings. The van der Waals surface area contributed by atoms with Crippen molar-refractivity contribution in [2.45, 2.75) is 63.6 Å². The first kappa shape index (κ1) is 21.8. The molecule has 5 nitrogen and oxygen atoms in total. The summed E-state index contributed by atoms with van der Waals surface area (Å²) < 4.78 is 5.60. The van der Waals surface area contributed by atoms with Crippen molar-refractivity contribution in [1.82, 2.24) is 0 Å². The van der Waals surface area contributed by atoms with E-state index in [1.165, 1.54) is 0 Å². The third-order valence-corrected chi connectivity index (χ3v) is 6.66. The summed E-state index contributed by atoms with van der Waals surface area (Å²) in [4.78, 5) is 10.7. The predicted octanol–water partition coefficient (Wildman–Crippen LogP) is 4.04. The predicted molar refractivity (Wildman–Crippen MR) is 112 cm³/mol. The first-order valence-corrected chi connectivity index (χ1v) is 11.0. The Labute approximate surface area is 173 Å². The highest BCUT2D eigenvalue weighted by molar-refractivity contribution is 5.66. The summed E-state index contributed by atoms with van der Waals surface area (Å²) in [7, 11) is 0. The van der Waals surface area contributed by atoms with Gasteiger partial charge in [0.2, 0.25) is 0 Å². The van der Waals surface area contributed by atoms with Gasteiger partial charge < -0.3 is 20.1 Å². The number of rotatable bonds is 9. The lowest BCUT2D eigenvalue weighted by Crippen LogP contribution is -2.20. The van der Waals surface area contributed by atoms with Crippen molar-refractivity contribution >= 4 is 5.97 Å². The van der Waals surface area contributed by atoms with Crippen molar-refractivity contribution in [1.29, 1.82) is 0 Å². The summed E-state index contributed by atoms with van der Waals surface area (Å²) in [5.41, 5.74) is 0. The summed E-state index contributed by atoms with van der Waals surface area (Å²) in [5.74, 6) is 1.70. The maximum atomic E-state index is 10.7. The normalized spacial score (nSPS) is 30.6. The van der Waals surface area contributed by atoms with Gasteiger partial charge in [-0.2, -0.15) is 0 Å². The van der Waals surface area contributed by atoms with Gasteiger partial charge in [0.15, 0.2) is 0 Å². The number of benzene rings is 1. The fourth-order valence-corrected chi connectivity index (χ4v) is 5.14. The Morgan fingerprint density at radius 1 is 1.17 bits per heavy atom. The fourth-order valence-electron chi connectivity index (χ4n) is 5.14. The molecule has 3 N–H and O–H groups in total. The molecule has 3 rings (SSSR count). The van der Waals surface area contributed by atoms with E-state index in [4.69, 9.17) is 9.84 Å². The van der Waals surface area contributed by atoms with Crippen molar-refractivity contribution in [3.8, 4) is 5.75 Å². The zero-order valence-corrected chi connectivity index (χ0v) is 17.0. The number of ether oxygens (including phenoxy) is 1. The minimum Gasteiger partial charge on any atom is -0.491 e. The summed E-state index contributed by atoms with van der Waals surface area (Å²) in [6.07, 6.45) is 10.0. The zero-order chi connectivity index (χ0) is 20.6. The molecule has 0 saturated heterocycles. The monoisotopic (exact) mass is 402 g/mol. The van der Waals surface area contributed by atoms with E-state index in [2.05, 4.69) is 0 Å². The maximum Gasteiger partial charge on any atom is 0.303 e. The Bertz CT molecular complexity index is 658. The van der Waals surface area contributed by atoms with E-state index in [0.29, 0.717) is 17.8 Å². The molecule has 2 aliphatic rings. The van der Waals surface area contributed by atoms with Crippen LogP contribution in [0.1, 0.15) is 51.4 Å². The molecule has 0 unspecified atom stereocenters. The summed E-state index contributed by atoms with van der Waals surface area (Å²) in [6, 6.07) is 9.44. The first-order chi connectivity index (χ1) is 14.0. The molecule has 2 fully saturated rings. The van der Waals surface area contributed by atoms with E-state index in [9.17, 15) is 15.0 Å². The average molecular weight is 403 g/mol. The number of aliphatic carboxylic acids is 1. The first-order valence-electron chi connectivity index (χ1n) is 11.0. The molecule has 2 saturated carbocycles. The summed E-state index contributed by atoms with van der Waals surface area (Å²) >= 11 is 0. The van der Waals surface area contributed by atoms with Crippen molar-refractivity contribution in [2.24, 2.45) is 23.7 Å². The molecule has 0 bridgehead atoms. The SMILES string of the molecule is O=C(O)CCC[C@@H]1CC[C@H]2C[C@@H](O)[C@H](/C=C/[C@@H](O)COc3ccccc3)[C@H]2CC1. The van der Waals surface area contributed by atoms with E-state index in [-0.39, 0.29) is 25.0 Å². The Hall–Kier alpha value is -1.85. The second kappa shape index (κ2) is 10.8. The lowest BCUT2D eigenvalue weighted by Gasteiger charge is -2.22.